The van der Waals surface area contributed by atoms with E-state index >= 15 is 0 Å². The van der Waals surface area contributed by atoms with Gasteiger partial charge in [-0.05, 0) is 31.2 Å². The molecule has 0 nitrogen and oxygen atoms in total. The molecule has 0 spiro atoms. The molecule has 0 unspecified atom stereocenters. The molecule has 8 heavy (non-hydrogen) atoms. The molecule has 0 radical (unpaired) electrons. The number of allylic oxidation sites excluding steroid dienone is 4. The Labute approximate surface area is 56.7 Å². The molecule has 0 bridgehead atoms. The standard InChI is InChI=1S/C7H12S/c1-4-5-6(2)7(3)8/h4-5,8H,1-3H3/b5-4-,7-6-. The highest BCUT2D eigenvalue weighted by Gasteiger charge is 1.81. The fraction of sp³-hybridized carbons (Fsp3) is 0.429. The molecular weight excluding hydrogens is 116 g/mol. The Hall–Kier alpha value is -0.170. The third kappa shape index (κ3) is 2.92. The van der Waals surface area contributed by atoms with Crippen molar-refractivity contribution in [1.29, 1.82) is 0 Å². The maximum Gasteiger partial charge on any atom is -0.0186 e. The summed E-state index contributed by atoms with van der Waals surface area (Å²) in [6.45, 7) is 6.03. The lowest BCUT2D eigenvalue weighted by Crippen LogP contribution is -1.67. The highest BCUT2D eigenvalue weighted by molar-refractivity contribution is 7.84. The van der Waals surface area contributed by atoms with E-state index in [0.29, 0.717) is 0 Å². The van der Waals surface area contributed by atoms with Gasteiger partial charge in [-0.2, -0.15) is 0 Å². The van der Waals surface area contributed by atoms with E-state index in [2.05, 4.69) is 12.6 Å². The lowest BCUT2D eigenvalue weighted by Gasteiger charge is -1.90. The van der Waals surface area contributed by atoms with Crippen LogP contribution in [-0.4, -0.2) is 0 Å². The van der Waals surface area contributed by atoms with Crippen LogP contribution < -0.4 is 0 Å². The van der Waals surface area contributed by atoms with Crippen LogP contribution in [0.3, 0.4) is 0 Å². The van der Waals surface area contributed by atoms with Crippen LogP contribution in [0.25, 0.3) is 0 Å². The van der Waals surface area contributed by atoms with Crippen LogP contribution in [0, 0.1) is 0 Å². The molecule has 0 aliphatic carbocycles. The minimum Gasteiger partial charge on any atom is -0.148 e. The summed E-state index contributed by atoms with van der Waals surface area (Å²) in [5.41, 5.74) is 1.23. The van der Waals surface area contributed by atoms with Crippen molar-refractivity contribution in [3.8, 4) is 0 Å². The maximum atomic E-state index is 4.16. The normalized spacial score (nSPS) is 14.5. The van der Waals surface area contributed by atoms with Gasteiger partial charge in [0.2, 0.25) is 0 Å². The monoisotopic (exact) mass is 128 g/mol. The smallest absolute Gasteiger partial charge is 0.0186 e. The van der Waals surface area contributed by atoms with Crippen molar-refractivity contribution in [2.24, 2.45) is 0 Å². The molecular formula is C7H12S. The Balaban J connectivity index is 4.00. The summed E-state index contributed by atoms with van der Waals surface area (Å²) in [6, 6.07) is 0. The first-order valence-electron chi connectivity index (χ1n) is 2.67. The molecule has 0 aliphatic rings. The predicted molar refractivity (Wildman–Crippen MR) is 42.2 cm³/mol. The Kier molecular flexibility index (Phi) is 3.71. The number of rotatable bonds is 1. The van der Waals surface area contributed by atoms with Gasteiger partial charge in [-0.25, -0.2) is 0 Å². The van der Waals surface area contributed by atoms with E-state index in [-0.39, 0.29) is 0 Å². The lowest BCUT2D eigenvalue weighted by atomic mass is 10.3. The topological polar surface area (TPSA) is 0 Å². The van der Waals surface area contributed by atoms with Gasteiger partial charge < -0.3 is 0 Å². The third-order valence-corrected chi connectivity index (χ3v) is 1.34. The van der Waals surface area contributed by atoms with Crippen molar-refractivity contribution < 1.29 is 0 Å². The van der Waals surface area contributed by atoms with Gasteiger partial charge in [0, 0.05) is 0 Å². The number of hydrogen-bond acceptors (Lipinski definition) is 1. The summed E-state index contributed by atoms with van der Waals surface area (Å²) in [5.74, 6) is 0. The second-order valence-corrected chi connectivity index (χ2v) is 2.44. The molecule has 0 aromatic rings. The molecule has 0 saturated carbocycles. The van der Waals surface area contributed by atoms with Gasteiger partial charge in [0.05, 0.1) is 0 Å². The molecule has 0 aliphatic heterocycles. The molecule has 0 N–H and O–H groups in total. The van der Waals surface area contributed by atoms with E-state index in [1.54, 1.807) is 0 Å². The van der Waals surface area contributed by atoms with Crippen molar-refractivity contribution >= 4 is 12.6 Å². The van der Waals surface area contributed by atoms with E-state index in [9.17, 15) is 0 Å². The van der Waals surface area contributed by atoms with Crippen LogP contribution in [0.15, 0.2) is 22.6 Å². The lowest BCUT2D eigenvalue weighted by molar-refractivity contribution is 1.44. The van der Waals surface area contributed by atoms with Crippen molar-refractivity contribution in [3.05, 3.63) is 22.6 Å². The quantitative estimate of drug-likeness (QED) is 0.407. The Bertz CT molecular complexity index is 116. The fourth-order valence-corrected chi connectivity index (χ4v) is 0.445. The SMILES string of the molecule is C/C=C\C(C)=C(\C)S. The molecule has 0 rings (SSSR count). The van der Waals surface area contributed by atoms with Gasteiger partial charge in [0.25, 0.3) is 0 Å². The first-order valence-corrected chi connectivity index (χ1v) is 3.12. The van der Waals surface area contributed by atoms with E-state index in [4.69, 9.17) is 0 Å². The van der Waals surface area contributed by atoms with Gasteiger partial charge >= 0.3 is 0 Å². The second kappa shape index (κ2) is 3.79. The fourth-order valence-electron chi connectivity index (χ4n) is 0.371. The highest BCUT2D eigenvalue weighted by atomic mass is 32.1. The molecule has 0 fully saturated rings. The van der Waals surface area contributed by atoms with Crippen LogP contribution in [0.5, 0.6) is 0 Å². The van der Waals surface area contributed by atoms with Crippen LogP contribution in [0.2, 0.25) is 0 Å². The first-order chi connectivity index (χ1) is 3.68. The Morgan fingerprint density at radius 1 is 1.38 bits per heavy atom. The van der Waals surface area contributed by atoms with Crippen molar-refractivity contribution in [2.45, 2.75) is 20.8 Å². The van der Waals surface area contributed by atoms with Crippen LogP contribution in [0.4, 0.5) is 0 Å². The van der Waals surface area contributed by atoms with Crippen LogP contribution in [0.1, 0.15) is 20.8 Å². The van der Waals surface area contributed by atoms with Gasteiger partial charge in [-0.3, -0.25) is 0 Å². The average molecular weight is 128 g/mol. The zero-order valence-electron chi connectivity index (χ0n) is 5.60. The van der Waals surface area contributed by atoms with Crippen molar-refractivity contribution in [3.63, 3.8) is 0 Å². The second-order valence-electron chi connectivity index (χ2n) is 1.77. The molecule has 0 amide bonds. The van der Waals surface area contributed by atoms with Gasteiger partial charge in [-0.15, -0.1) is 12.6 Å². The third-order valence-electron chi connectivity index (χ3n) is 0.987. The molecule has 0 heterocycles. The van der Waals surface area contributed by atoms with Crippen molar-refractivity contribution in [2.75, 3.05) is 0 Å². The summed E-state index contributed by atoms with van der Waals surface area (Å²) >= 11 is 4.16. The van der Waals surface area contributed by atoms with E-state index in [1.165, 1.54) is 5.57 Å². The molecule has 0 saturated heterocycles. The molecule has 0 aromatic heterocycles. The highest BCUT2D eigenvalue weighted by Crippen LogP contribution is 2.07. The molecule has 0 atom stereocenters. The summed E-state index contributed by atoms with van der Waals surface area (Å²) < 4.78 is 0. The van der Waals surface area contributed by atoms with Gasteiger partial charge in [0.1, 0.15) is 0 Å². The number of thiol groups is 1. The largest absolute Gasteiger partial charge is 0.148 e. The summed E-state index contributed by atoms with van der Waals surface area (Å²) in [5, 5.41) is 0. The molecule has 46 valence electrons. The summed E-state index contributed by atoms with van der Waals surface area (Å²) in [7, 11) is 0. The first kappa shape index (κ1) is 7.83. The molecule has 1 heteroatoms. The van der Waals surface area contributed by atoms with Gasteiger partial charge in [0.15, 0.2) is 0 Å². The summed E-state index contributed by atoms with van der Waals surface area (Å²) in [4.78, 5) is 1.09. The number of hydrogen-bond donors (Lipinski definition) is 1. The minimum atomic E-state index is 1.09. The van der Waals surface area contributed by atoms with Gasteiger partial charge in [-0.1, -0.05) is 12.2 Å². The van der Waals surface area contributed by atoms with Crippen molar-refractivity contribution in [1.82, 2.24) is 0 Å². The summed E-state index contributed by atoms with van der Waals surface area (Å²) in [6.07, 6.45) is 4.05. The Morgan fingerprint density at radius 2 is 1.88 bits per heavy atom. The zero-order chi connectivity index (χ0) is 6.57. The minimum absolute atomic E-state index is 1.09. The maximum absolute atomic E-state index is 4.16. The van der Waals surface area contributed by atoms with E-state index in [0.717, 1.165) is 4.91 Å². The zero-order valence-corrected chi connectivity index (χ0v) is 6.50. The van der Waals surface area contributed by atoms with E-state index < -0.39 is 0 Å². The molecule has 0 aromatic carbocycles. The Morgan fingerprint density at radius 3 is 2.00 bits per heavy atom. The van der Waals surface area contributed by atoms with E-state index in [1.807, 2.05) is 32.9 Å². The van der Waals surface area contributed by atoms with Crippen LogP contribution in [-0.2, 0) is 0 Å². The average Bonchev–Trinajstić information content (AvgIpc) is 1.67. The van der Waals surface area contributed by atoms with Crippen LogP contribution >= 0.6 is 12.6 Å². The predicted octanol–water partition coefficient (Wildman–Crippen LogP) is 2.79.